The lowest BCUT2D eigenvalue weighted by Gasteiger charge is -2.08. The van der Waals surface area contributed by atoms with Crippen molar-refractivity contribution in [3.63, 3.8) is 0 Å². The van der Waals surface area contributed by atoms with E-state index in [1.54, 1.807) is 25.3 Å². The zero-order chi connectivity index (χ0) is 15.4. The Morgan fingerprint density at radius 3 is 2.67 bits per heavy atom. The van der Waals surface area contributed by atoms with Gasteiger partial charge in [-0.3, -0.25) is 0 Å². The highest BCUT2D eigenvalue weighted by atomic mass is 32.1. The summed E-state index contributed by atoms with van der Waals surface area (Å²) in [6.45, 7) is 4.00. The molecule has 0 bridgehead atoms. The fraction of sp³-hybridized carbons (Fsp3) is 0.214. The van der Waals surface area contributed by atoms with Crippen LogP contribution in [0, 0.1) is 13.8 Å². The van der Waals surface area contributed by atoms with Gasteiger partial charge in [-0.1, -0.05) is 0 Å². The summed E-state index contributed by atoms with van der Waals surface area (Å²) in [5.41, 5.74) is 1.36. The minimum absolute atomic E-state index is 0.221. The Hall–Kier alpha value is -2.41. The van der Waals surface area contributed by atoms with Crippen LogP contribution in [0.1, 0.15) is 25.8 Å². The molecule has 0 aliphatic heterocycles. The first kappa shape index (κ1) is 15.0. The number of carbonyl (C=O) groups is 2. The summed E-state index contributed by atoms with van der Waals surface area (Å²) in [4.78, 5) is 27.9. The van der Waals surface area contributed by atoms with Crippen LogP contribution in [-0.4, -0.2) is 22.1 Å². The molecule has 1 aromatic heterocycles. The molecule has 0 fully saturated rings. The molecule has 1 aromatic carbocycles. The average molecular weight is 305 g/mol. The first-order valence-corrected chi connectivity index (χ1v) is 7.07. The van der Waals surface area contributed by atoms with Gasteiger partial charge in [0, 0.05) is 16.8 Å². The van der Waals surface area contributed by atoms with Crippen LogP contribution in [0.25, 0.3) is 0 Å². The summed E-state index contributed by atoms with van der Waals surface area (Å²) >= 11 is 1.52. The predicted molar refractivity (Wildman–Crippen MR) is 80.8 cm³/mol. The summed E-state index contributed by atoms with van der Waals surface area (Å²) in [7, 11) is 0. The van der Waals surface area contributed by atoms with E-state index in [9.17, 15) is 9.59 Å². The van der Waals surface area contributed by atoms with Gasteiger partial charge in [0.05, 0.1) is 12.1 Å². The molecule has 0 radical (unpaired) electrons. The minimum atomic E-state index is -0.984. The Morgan fingerprint density at radius 1 is 1.33 bits per heavy atom. The number of benzene rings is 1. The van der Waals surface area contributed by atoms with Crippen LogP contribution in [0.4, 0.5) is 10.5 Å². The van der Waals surface area contributed by atoms with Crippen molar-refractivity contribution in [1.29, 1.82) is 0 Å². The molecule has 0 unspecified atom stereocenters. The molecule has 0 aliphatic rings. The topological polar surface area (TPSA) is 91.3 Å². The number of hydrogen-bond donors (Lipinski definition) is 3. The quantitative estimate of drug-likeness (QED) is 0.810. The van der Waals surface area contributed by atoms with E-state index < -0.39 is 5.97 Å². The van der Waals surface area contributed by atoms with Crippen LogP contribution in [-0.2, 0) is 6.54 Å². The van der Waals surface area contributed by atoms with Crippen molar-refractivity contribution >= 4 is 29.0 Å². The van der Waals surface area contributed by atoms with Gasteiger partial charge in [-0.25, -0.2) is 14.6 Å². The van der Waals surface area contributed by atoms with Gasteiger partial charge < -0.3 is 15.7 Å². The molecule has 2 aromatic rings. The molecule has 110 valence electrons. The smallest absolute Gasteiger partial charge is 0.335 e. The van der Waals surface area contributed by atoms with Crippen molar-refractivity contribution in [2.75, 3.05) is 5.32 Å². The molecule has 0 saturated heterocycles. The third-order valence-corrected chi connectivity index (χ3v) is 3.70. The Balaban J connectivity index is 1.93. The molecule has 2 rings (SSSR count). The molecule has 2 amide bonds. The standard InChI is InChI=1S/C14H15N3O3S/c1-8-5-10(3-4-11(8)13(18)19)17-14(20)16-7-12-15-6-9(2)21-12/h3-6H,7H2,1-2H3,(H,18,19)(H2,16,17,20). The van der Waals surface area contributed by atoms with Crippen LogP contribution >= 0.6 is 11.3 Å². The van der Waals surface area contributed by atoms with Gasteiger partial charge in [-0.2, -0.15) is 0 Å². The molecular weight excluding hydrogens is 290 g/mol. The van der Waals surface area contributed by atoms with Gasteiger partial charge in [-0.05, 0) is 37.6 Å². The van der Waals surface area contributed by atoms with E-state index in [0.717, 1.165) is 9.88 Å². The SMILES string of the molecule is Cc1cnc(CNC(=O)Nc2ccc(C(=O)O)c(C)c2)s1. The Morgan fingerprint density at radius 2 is 2.10 bits per heavy atom. The van der Waals surface area contributed by atoms with Crippen LogP contribution in [0.2, 0.25) is 0 Å². The van der Waals surface area contributed by atoms with Crippen molar-refractivity contribution in [3.05, 3.63) is 45.4 Å². The Labute approximate surface area is 125 Å². The van der Waals surface area contributed by atoms with Gasteiger partial charge in [-0.15, -0.1) is 11.3 Å². The van der Waals surface area contributed by atoms with Crippen molar-refractivity contribution in [3.8, 4) is 0 Å². The van der Waals surface area contributed by atoms with E-state index in [1.165, 1.54) is 17.4 Å². The lowest BCUT2D eigenvalue weighted by Crippen LogP contribution is -2.28. The average Bonchev–Trinajstić information content (AvgIpc) is 2.82. The zero-order valence-electron chi connectivity index (χ0n) is 11.6. The molecule has 6 nitrogen and oxygen atoms in total. The van der Waals surface area contributed by atoms with Crippen molar-refractivity contribution < 1.29 is 14.7 Å². The fourth-order valence-electron chi connectivity index (χ4n) is 1.80. The van der Waals surface area contributed by atoms with Crippen LogP contribution in [0.3, 0.4) is 0 Å². The number of nitrogens with zero attached hydrogens (tertiary/aromatic N) is 1. The zero-order valence-corrected chi connectivity index (χ0v) is 12.5. The second-order valence-electron chi connectivity index (χ2n) is 4.51. The number of aromatic carboxylic acids is 1. The van der Waals surface area contributed by atoms with E-state index in [0.29, 0.717) is 17.8 Å². The number of carboxylic acid groups (broad SMARTS) is 1. The second-order valence-corrected chi connectivity index (χ2v) is 5.83. The van der Waals surface area contributed by atoms with Crippen LogP contribution in [0.15, 0.2) is 24.4 Å². The van der Waals surface area contributed by atoms with E-state index >= 15 is 0 Å². The number of hydrogen-bond acceptors (Lipinski definition) is 4. The third-order valence-electron chi connectivity index (χ3n) is 2.78. The maximum absolute atomic E-state index is 11.8. The molecule has 0 atom stereocenters. The van der Waals surface area contributed by atoms with Crippen LogP contribution in [0.5, 0.6) is 0 Å². The number of amides is 2. The van der Waals surface area contributed by atoms with E-state index in [1.807, 2.05) is 6.92 Å². The Kier molecular flexibility index (Phi) is 4.54. The number of urea groups is 1. The molecule has 0 saturated carbocycles. The second kappa shape index (κ2) is 6.36. The highest BCUT2D eigenvalue weighted by Crippen LogP contribution is 2.15. The van der Waals surface area contributed by atoms with Gasteiger partial charge in [0.2, 0.25) is 0 Å². The van der Waals surface area contributed by atoms with E-state index in [-0.39, 0.29) is 11.6 Å². The number of rotatable bonds is 4. The van der Waals surface area contributed by atoms with Crippen LogP contribution < -0.4 is 10.6 Å². The summed E-state index contributed by atoms with van der Waals surface area (Å²) < 4.78 is 0. The molecule has 7 heteroatoms. The largest absolute Gasteiger partial charge is 0.478 e. The fourth-order valence-corrected chi connectivity index (χ4v) is 2.52. The summed E-state index contributed by atoms with van der Waals surface area (Å²) in [5.74, 6) is -0.984. The summed E-state index contributed by atoms with van der Waals surface area (Å²) in [6.07, 6.45) is 1.76. The van der Waals surface area contributed by atoms with Gasteiger partial charge in [0.25, 0.3) is 0 Å². The van der Waals surface area contributed by atoms with Gasteiger partial charge in [0.1, 0.15) is 5.01 Å². The highest BCUT2D eigenvalue weighted by molar-refractivity contribution is 7.11. The summed E-state index contributed by atoms with van der Waals surface area (Å²) in [6, 6.07) is 4.29. The number of aryl methyl sites for hydroxylation is 2. The molecule has 3 N–H and O–H groups in total. The van der Waals surface area contributed by atoms with Gasteiger partial charge in [0.15, 0.2) is 0 Å². The van der Waals surface area contributed by atoms with E-state index in [4.69, 9.17) is 5.11 Å². The maximum atomic E-state index is 11.8. The molecule has 21 heavy (non-hydrogen) atoms. The van der Waals surface area contributed by atoms with E-state index in [2.05, 4.69) is 15.6 Å². The third kappa shape index (κ3) is 4.03. The van der Waals surface area contributed by atoms with Crippen molar-refractivity contribution in [2.45, 2.75) is 20.4 Å². The lowest BCUT2D eigenvalue weighted by atomic mass is 10.1. The number of thiazole rings is 1. The Bertz CT molecular complexity index is 682. The first-order chi connectivity index (χ1) is 9.95. The van der Waals surface area contributed by atoms with Gasteiger partial charge >= 0.3 is 12.0 Å². The first-order valence-electron chi connectivity index (χ1n) is 6.26. The maximum Gasteiger partial charge on any atom is 0.335 e. The number of nitrogens with one attached hydrogen (secondary N) is 2. The normalized spacial score (nSPS) is 10.2. The molecular formula is C14H15N3O3S. The lowest BCUT2D eigenvalue weighted by molar-refractivity contribution is 0.0696. The molecule has 0 spiro atoms. The van der Waals surface area contributed by atoms with Crippen molar-refractivity contribution in [1.82, 2.24) is 10.3 Å². The highest BCUT2D eigenvalue weighted by Gasteiger charge is 2.09. The molecule has 0 aliphatic carbocycles. The monoisotopic (exact) mass is 305 g/mol. The summed E-state index contributed by atoms with van der Waals surface area (Å²) in [5, 5.41) is 15.1. The predicted octanol–water partition coefficient (Wildman–Crippen LogP) is 2.78. The number of aromatic nitrogens is 1. The number of carbonyl (C=O) groups excluding carboxylic acids is 1. The minimum Gasteiger partial charge on any atom is -0.478 e. The van der Waals surface area contributed by atoms with Crippen molar-refractivity contribution in [2.24, 2.45) is 0 Å². The number of anilines is 1. The number of carboxylic acids is 1. The molecule has 1 heterocycles.